The monoisotopic (exact) mass is 533 g/mol. The predicted molar refractivity (Wildman–Crippen MR) is 150 cm³/mol. The summed E-state index contributed by atoms with van der Waals surface area (Å²) in [6, 6.07) is 17.0. The molecule has 9 nitrogen and oxygen atoms in total. The summed E-state index contributed by atoms with van der Waals surface area (Å²) < 4.78 is 10.7. The zero-order valence-corrected chi connectivity index (χ0v) is 22.7. The van der Waals surface area contributed by atoms with Crippen molar-refractivity contribution in [2.75, 3.05) is 50.3 Å². The van der Waals surface area contributed by atoms with E-state index in [1.165, 1.54) is 16.2 Å². The van der Waals surface area contributed by atoms with Gasteiger partial charge in [-0.2, -0.15) is 5.10 Å². The van der Waals surface area contributed by atoms with Gasteiger partial charge in [0, 0.05) is 31.4 Å². The number of methoxy groups -OCH3 is 1. The Morgan fingerprint density at radius 2 is 1.79 bits per heavy atom. The van der Waals surface area contributed by atoms with E-state index in [1.54, 1.807) is 20.2 Å². The minimum atomic E-state index is -0.597. The van der Waals surface area contributed by atoms with Crippen LogP contribution >= 0.6 is 11.3 Å². The van der Waals surface area contributed by atoms with Crippen molar-refractivity contribution in [2.24, 2.45) is 0 Å². The first-order valence-corrected chi connectivity index (χ1v) is 13.2. The lowest BCUT2D eigenvalue weighted by atomic mass is 9.94. The molecule has 0 unspecified atom stereocenters. The van der Waals surface area contributed by atoms with Gasteiger partial charge in [-0.3, -0.25) is 19.6 Å². The average molecular weight is 534 g/mol. The van der Waals surface area contributed by atoms with E-state index in [-0.39, 0.29) is 11.8 Å². The highest BCUT2D eigenvalue weighted by atomic mass is 32.1. The van der Waals surface area contributed by atoms with Crippen LogP contribution in [0.15, 0.2) is 54.6 Å². The largest absolute Gasteiger partial charge is 0.497 e. The number of rotatable bonds is 7. The highest BCUT2D eigenvalue weighted by Crippen LogP contribution is 2.32. The van der Waals surface area contributed by atoms with E-state index in [4.69, 9.17) is 9.47 Å². The number of morpholine rings is 1. The Morgan fingerprint density at radius 3 is 2.45 bits per heavy atom. The number of carbonyl (C=O) groups is 2. The Balaban J connectivity index is 1.31. The standard InChI is InChI=1S/C28H31N5O4S/c1-28(2,19-7-11-21(36-4)12-8-19)29-25(34)23-17-22-24(30-31-26(22)38-23)32(3)27(35)18-5-9-20(10-6-18)33-13-15-37-16-14-33/h5-12,17H,13-16H2,1-4H3,(H,29,34)(H,30,31). The third-order valence-corrected chi connectivity index (χ3v) is 7.85. The van der Waals surface area contributed by atoms with Crippen LogP contribution < -0.4 is 19.9 Å². The van der Waals surface area contributed by atoms with Crippen molar-refractivity contribution in [3.05, 3.63) is 70.6 Å². The summed E-state index contributed by atoms with van der Waals surface area (Å²) in [7, 11) is 3.33. The topological polar surface area (TPSA) is 99.8 Å². The van der Waals surface area contributed by atoms with Crippen LogP contribution in [0.5, 0.6) is 5.75 Å². The maximum atomic E-state index is 13.3. The number of aromatic nitrogens is 2. The van der Waals surface area contributed by atoms with Gasteiger partial charge in [-0.05, 0) is 61.9 Å². The number of thiophene rings is 1. The zero-order chi connectivity index (χ0) is 26.9. The summed E-state index contributed by atoms with van der Waals surface area (Å²) in [5, 5.41) is 11.1. The van der Waals surface area contributed by atoms with Crippen molar-refractivity contribution in [3.63, 3.8) is 0 Å². The Kier molecular flexibility index (Phi) is 7.09. The Bertz CT molecular complexity index is 1440. The van der Waals surface area contributed by atoms with Crippen molar-refractivity contribution < 1.29 is 19.1 Å². The fourth-order valence-corrected chi connectivity index (χ4v) is 5.41. The number of H-pyrrole nitrogens is 1. The molecule has 2 aromatic carbocycles. The van der Waals surface area contributed by atoms with Gasteiger partial charge < -0.3 is 19.7 Å². The Hall–Kier alpha value is -3.89. The van der Waals surface area contributed by atoms with Gasteiger partial charge in [-0.1, -0.05) is 12.1 Å². The van der Waals surface area contributed by atoms with Crippen LogP contribution in [-0.2, 0) is 10.3 Å². The molecular formula is C28H31N5O4S. The molecular weight excluding hydrogens is 502 g/mol. The van der Waals surface area contributed by atoms with E-state index in [2.05, 4.69) is 20.4 Å². The first-order valence-electron chi connectivity index (χ1n) is 12.4. The summed E-state index contributed by atoms with van der Waals surface area (Å²) >= 11 is 1.28. The number of ether oxygens (including phenoxy) is 2. The smallest absolute Gasteiger partial charge is 0.262 e. The van der Waals surface area contributed by atoms with Gasteiger partial charge in [0.25, 0.3) is 11.8 Å². The third-order valence-electron chi connectivity index (χ3n) is 6.82. The molecule has 2 amide bonds. The molecule has 38 heavy (non-hydrogen) atoms. The molecule has 0 saturated carbocycles. The number of anilines is 2. The fourth-order valence-electron chi connectivity index (χ4n) is 4.52. The molecule has 1 fully saturated rings. The van der Waals surface area contributed by atoms with E-state index >= 15 is 0 Å². The number of benzene rings is 2. The lowest BCUT2D eigenvalue weighted by Gasteiger charge is -2.29. The Morgan fingerprint density at radius 1 is 1.11 bits per heavy atom. The second kappa shape index (κ2) is 10.5. The number of nitrogens with zero attached hydrogens (tertiary/aromatic N) is 3. The van der Waals surface area contributed by atoms with E-state index in [0.717, 1.165) is 35.5 Å². The maximum Gasteiger partial charge on any atom is 0.262 e. The minimum absolute atomic E-state index is 0.165. The highest BCUT2D eigenvalue weighted by Gasteiger charge is 2.26. The van der Waals surface area contributed by atoms with Gasteiger partial charge in [-0.15, -0.1) is 11.3 Å². The quantitative estimate of drug-likeness (QED) is 0.365. The first-order chi connectivity index (χ1) is 18.3. The number of nitrogens with one attached hydrogen (secondary N) is 2. The van der Waals surface area contributed by atoms with Crippen LogP contribution in [0.2, 0.25) is 0 Å². The molecule has 0 atom stereocenters. The molecule has 2 aromatic heterocycles. The summed E-state index contributed by atoms with van der Waals surface area (Å²) in [4.78, 5) is 31.4. The van der Waals surface area contributed by atoms with Crippen molar-refractivity contribution in [2.45, 2.75) is 19.4 Å². The third kappa shape index (κ3) is 5.09. The molecule has 5 rings (SSSR count). The van der Waals surface area contributed by atoms with Crippen molar-refractivity contribution in [1.29, 1.82) is 0 Å². The van der Waals surface area contributed by atoms with Gasteiger partial charge in [-0.25, -0.2) is 0 Å². The van der Waals surface area contributed by atoms with Crippen molar-refractivity contribution in [3.8, 4) is 5.75 Å². The predicted octanol–water partition coefficient (Wildman–Crippen LogP) is 4.41. The molecule has 2 N–H and O–H groups in total. The molecule has 1 aliphatic rings. The molecule has 0 spiro atoms. The molecule has 1 aliphatic heterocycles. The minimum Gasteiger partial charge on any atom is -0.497 e. The fraction of sp³-hybridized carbons (Fsp3) is 0.321. The second-order valence-electron chi connectivity index (χ2n) is 9.72. The number of fused-ring (bicyclic) bond motifs is 1. The summed E-state index contributed by atoms with van der Waals surface area (Å²) in [6.07, 6.45) is 0. The van der Waals surface area contributed by atoms with Crippen LogP contribution in [0.25, 0.3) is 10.2 Å². The summed E-state index contributed by atoms with van der Waals surface area (Å²) in [5.74, 6) is 0.941. The molecule has 3 heterocycles. The lowest BCUT2D eigenvalue weighted by molar-refractivity contribution is 0.0915. The normalized spacial score (nSPS) is 13.9. The van der Waals surface area contributed by atoms with Crippen LogP contribution in [0, 0.1) is 0 Å². The van der Waals surface area contributed by atoms with Crippen LogP contribution in [0.3, 0.4) is 0 Å². The van der Waals surface area contributed by atoms with Crippen LogP contribution in [0.1, 0.15) is 39.4 Å². The van der Waals surface area contributed by atoms with E-state index in [0.29, 0.717) is 34.3 Å². The maximum absolute atomic E-state index is 13.3. The van der Waals surface area contributed by atoms with Gasteiger partial charge in [0.05, 0.1) is 36.1 Å². The van der Waals surface area contributed by atoms with Gasteiger partial charge in [0.15, 0.2) is 0 Å². The molecule has 0 radical (unpaired) electrons. The summed E-state index contributed by atoms with van der Waals surface area (Å²) in [5.41, 5.74) is 2.00. The van der Waals surface area contributed by atoms with E-state index in [1.807, 2.05) is 62.4 Å². The number of aromatic amines is 1. The number of hydrogen-bond acceptors (Lipinski definition) is 7. The molecule has 1 saturated heterocycles. The Labute approximate surface area is 225 Å². The molecule has 0 aliphatic carbocycles. The van der Waals surface area contributed by atoms with E-state index in [9.17, 15) is 9.59 Å². The van der Waals surface area contributed by atoms with Crippen LogP contribution in [-0.4, -0.2) is 62.5 Å². The van der Waals surface area contributed by atoms with Gasteiger partial charge in [0.2, 0.25) is 0 Å². The number of hydrogen-bond donors (Lipinski definition) is 2. The second-order valence-corrected chi connectivity index (χ2v) is 10.8. The molecule has 198 valence electrons. The molecule has 0 bridgehead atoms. The van der Waals surface area contributed by atoms with Gasteiger partial charge in [0.1, 0.15) is 16.4 Å². The summed E-state index contributed by atoms with van der Waals surface area (Å²) in [6.45, 7) is 7.00. The molecule has 4 aromatic rings. The number of carbonyl (C=O) groups excluding carboxylic acids is 2. The van der Waals surface area contributed by atoms with Crippen molar-refractivity contribution >= 4 is 44.9 Å². The van der Waals surface area contributed by atoms with Crippen LogP contribution in [0.4, 0.5) is 11.5 Å². The molecule has 10 heteroatoms. The van der Waals surface area contributed by atoms with Gasteiger partial charge >= 0.3 is 0 Å². The van der Waals surface area contributed by atoms with E-state index < -0.39 is 5.54 Å². The number of amides is 2. The first kappa shape index (κ1) is 25.7. The van der Waals surface area contributed by atoms with Crippen molar-refractivity contribution in [1.82, 2.24) is 15.5 Å². The average Bonchev–Trinajstić information content (AvgIpc) is 3.54. The zero-order valence-electron chi connectivity index (χ0n) is 21.9. The SMILES string of the molecule is COc1ccc(C(C)(C)NC(=O)c2cc3c(N(C)C(=O)c4ccc(N5CCOCC5)cc4)[nH]nc3s2)cc1. The highest BCUT2D eigenvalue weighted by molar-refractivity contribution is 7.20. The lowest BCUT2D eigenvalue weighted by Crippen LogP contribution is -2.40.